The first-order valence-corrected chi connectivity index (χ1v) is 10.7. The smallest absolute Gasteiger partial charge is 0.243 e. The van der Waals surface area contributed by atoms with Crippen molar-refractivity contribution in [2.45, 2.75) is 38.6 Å². The van der Waals surface area contributed by atoms with Gasteiger partial charge in [-0.25, -0.2) is 8.42 Å². The van der Waals surface area contributed by atoms with Crippen LogP contribution >= 0.6 is 0 Å². The molecule has 7 nitrogen and oxygen atoms in total. The number of nitrogens with zero attached hydrogens (tertiary/aromatic N) is 2. The third-order valence-electron chi connectivity index (χ3n) is 4.99. The van der Waals surface area contributed by atoms with E-state index in [0.29, 0.717) is 37.7 Å². The van der Waals surface area contributed by atoms with Gasteiger partial charge in [0.25, 0.3) is 0 Å². The van der Waals surface area contributed by atoms with Crippen molar-refractivity contribution in [1.82, 2.24) is 14.5 Å². The number of nitrogens with one attached hydrogen (secondary N) is 1. The lowest BCUT2D eigenvalue weighted by atomic mass is 10.1. The molecule has 0 bridgehead atoms. The van der Waals surface area contributed by atoms with E-state index in [-0.39, 0.29) is 29.2 Å². The molecule has 1 aromatic carbocycles. The van der Waals surface area contributed by atoms with E-state index in [9.17, 15) is 18.0 Å². The fourth-order valence-electron chi connectivity index (χ4n) is 2.81. The number of carbonyl (C=O) groups is 2. The molecule has 150 valence electrons. The number of hydrogen-bond donors (Lipinski definition) is 1. The summed E-state index contributed by atoms with van der Waals surface area (Å²) in [5.41, 5.74) is 0.486. The van der Waals surface area contributed by atoms with Gasteiger partial charge < -0.3 is 5.32 Å². The average molecular weight is 396 g/mol. The Morgan fingerprint density at radius 1 is 1.04 bits per heavy atom. The number of sulfonamides is 1. The molecule has 0 spiro atoms. The molecule has 1 heterocycles. The molecule has 1 saturated heterocycles. The first-order chi connectivity index (χ1) is 12.6. The second-order valence-corrected chi connectivity index (χ2v) is 9.30. The van der Waals surface area contributed by atoms with Crippen molar-refractivity contribution >= 4 is 21.7 Å². The van der Waals surface area contributed by atoms with Gasteiger partial charge in [-0.3, -0.25) is 14.5 Å². The van der Waals surface area contributed by atoms with Gasteiger partial charge in [-0.2, -0.15) is 4.31 Å². The zero-order valence-corrected chi connectivity index (χ0v) is 17.3. The summed E-state index contributed by atoms with van der Waals surface area (Å²) in [4.78, 5) is 25.6. The topological polar surface area (TPSA) is 86.8 Å². The second kappa shape index (κ2) is 8.95. The molecule has 1 aliphatic rings. The number of piperazine rings is 1. The van der Waals surface area contributed by atoms with Gasteiger partial charge in [0.1, 0.15) is 0 Å². The lowest BCUT2D eigenvalue weighted by Crippen LogP contribution is -2.51. The molecule has 27 heavy (non-hydrogen) atoms. The molecule has 1 atom stereocenters. The summed E-state index contributed by atoms with van der Waals surface area (Å²) in [6.45, 7) is 9.49. The van der Waals surface area contributed by atoms with Crippen LogP contribution in [0.25, 0.3) is 0 Å². The Morgan fingerprint density at radius 3 is 2.07 bits per heavy atom. The van der Waals surface area contributed by atoms with E-state index in [4.69, 9.17) is 0 Å². The predicted molar refractivity (Wildman–Crippen MR) is 104 cm³/mol. The third-order valence-corrected chi connectivity index (χ3v) is 6.90. The standard InChI is InChI=1S/C19H29N3O4S/c1-14(2)15(3)20-19(24)13-21-9-11-22(12-10-21)27(25,26)18-7-5-17(6-8-18)16(4)23/h5-8,14-15H,9-13H2,1-4H3,(H,20,24)/t15-/m0/s1. The number of carbonyl (C=O) groups excluding carboxylic acids is 2. The number of hydrogen-bond acceptors (Lipinski definition) is 5. The maximum absolute atomic E-state index is 12.8. The van der Waals surface area contributed by atoms with E-state index in [1.165, 1.54) is 35.5 Å². The van der Waals surface area contributed by atoms with Crippen molar-refractivity contribution in [3.63, 3.8) is 0 Å². The molecule has 1 N–H and O–H groups in total. The summed E-state index contributed by atoms with van der Waals surface area (Å²) in [7, 11) is -3.59. The van der Waals surface area contributed by atoms with Crippen molar-refractivity contribution in [3.05, 3.63) is 29.8 Å². The number of rotatable bonds is 7. The minimum atomic E-state index is -3.59. The van der Waals surface area contributed by atoms with E-state index in [2.05, 4.69) is 19.2 Å². The number of Topliss-reactive ketones (excluding diaryl/α,β-unsaturated/α-hetero) is 1. The fraction of sp³-hybridized carbons (Fsp3) is 0.579. The molecule has 1 fully saturated rings. The van der Waals surface area contributed by atoms with Crippen LogP contribution < -0.4 is 5.32 Å². The first kappa shape index (κ1) is 21.5. The highest BCUT2D eigenvalue weighted by Gasteiger charge is 2.29. The SMILES string of the molecule is CC(=O)c1ccc(S(=O)(=O)N2CCN(CC(=O)N[C@@H](C)C(C)C)CC2)cc1. The maximum atomic E-state index is 12.8. The molecule has 1 aromatic rings. The van der Waals surface area contributed by atoms with Crippen molar-refractivity contribution in [2.24, 2.45) is 5.92 Å². The Hall–Kier alpha value is -1.77. The van der Waals surface area contributed by atoms with Crippen LogP contribution in [0.1, 0.15) is 38.1 Å². The lowest BCUT2D eigenvalue weighted by Gasteiger charge is -2.33. The lowest BCUT2D eigenvalue weighted by molar-refractivity contribution is -0.123. The van der Waals surface area contributed by atoms with Gasteiger partial charge in [0.05, 0.1) is 11.4 Å². The summed E-state index contributed by atoms with van der Waals surface area (Å²) in [6, 6.07) is 6.12. The van der Waals surface area contributed by atoms with E-state index < -0.39 is 10.0 Å². The first-order valence-electron chi connectivity index (χ1n) is 9.24. The monoisotopic (exact) mass is 395 g/mol. The second-order valence-electron chi connectivity index (χ2n) is 7.36. The molecule has 1 amide bonds. The van der Waals surface area contributed by atoms with Gasteiger partial charge in [0.15, 0.2) is 5.78 Å². The van der Waals surface area contributed by atoms with Gasteiger partial charge in [0.2, 0.25) is 15.9 Å². The Balaban J connectivity index is 1.92. The third kappa shape index (κ3) is 5.60. The van der Waals surface area contributed by atoms with Crippen LogP contribution in [0.3, 0.4) is 0 Å². The summed E-state index contributed by atoms with van der Waals surface area (Å²) < 4.78 is 27.0. The molecule has 0 radical (unpaired) electrons. The van der Waals surface area contributed by atoms with Crippen molar-refractivity contribution in [1.29, 1.82) is 0 Å². The van der Waals surface area contributed by atoms with Crippen LogP contribution in [0.15, 0.2) is 29.2 Å². The van der Waals surface area contributed by atoms with Gasteiger partial charge >= 0.3 is 0 Å². The summed E-state index contributed by atoms with van der Waals surface area (Å²) >= 11 is 0. The molecular formula is C19H29N3O4S. The quantitative estimate of drug-likeness (QED) is 0.705. The van der Waals surface area contributed by atoms with Gasteiger partial charge in [-0.05, 0) is 31.9 Å². The molecule has 0 aromatic heterocycles. The zero-order valence-electron chi connectivity index (χ0n) is 16.4. The van der Waals surface area contributed by atoms with Gasteiger partial charge in [-0.15, -0.1) is 0 Å². The highest BCUT2D eigenvalue weighted by Crippen LogP contribution is 2.18. The van der Waals surface area contributed by atoms with Gasteiger partial charge in [-0.1, -0.05) is 26.0 Å². The highest BCUT2D eigenvalue weighted by molar-refractivity contribution is 7.89. The minimum absolute atomic E-state index is 0.0349. The van der Waals surface area contributed by atoms with Crippen LogP contribution in [0.2, 0.25) is 0 Å². The van der Waals surface area contributed by atoms with E-state index >= 15 is 0 Å². The van der Waals surface area contributed by atoms with E-state index in [0.717, 1.165) is 0 Å². The normalized spacial score (nSPS) is 17.7. The zero-order chi connectivity index (χ0) is 20.2. The minimum Gasteiger partial charge on any atom is -0.352 e. The molecule has 0 saturated carbocycles. The summed E-state index contributed by atoms with van der Waals surface area (Å²) in [5, 5.41) is 2.97. The molecular weight excluding hydrogens is 366 g/mol. The Bertz CT molecular complexity index is 767. The van der Waals surface area contributed by atoms with Crippen molar-refractivity contribution in [2.75, 3.05) is 32.7 Å². The fourth-order valence-corrected chi connectivity index (χ4v) is 4.23. The predicted octanol–water partition coefficient (Wildman–Crippen LogP) is 1.36. The van der Waals surface area contributed by atoms with Crippen LogP contribution in [0.5, 0.6) is 0 Å². The number of benzene rings is 1. The molecule has 1 aliphatic heterocycles. The Kier molecular flexibility index (Phi) is 7.13. The van der Waals surface area contributed by atoms with Crippen LogP contribution in [0.4, 0.5) is 0 Å². The van der Waals surface area contributed by atoms with Crippen molar-refractivity contribution in [3.8, 4) is 0 Å². The van der Waals surface area contributed by atoms with Crippen LogP contribution in [0, 0.1) is 5.92 Å². The summed E-state index contributed by atoms with van der Waals surface area (Å²) in [6.07, 6.45) is 0. The molecule has 8 heteroatoms. The molecule has 0 unspecified atom stereocenters. The Labute approximate surface area is 161 Å². The molecule has 0 aliphatic carbocycles. The van der Waals surface area contributed by atoms with Crippen LogP contribution in [-0.4, -0.2) is 68.1 Å². The number of ketones is 1. The van der Waals surface area contributed by atoms with E-state index in [1.807, 2.05) is 11.8 Å². The average Bonchev–Trinajstić information content (AvgIpc) is 2.62. The van der Waals surface area contributed by atoms with E-state index in [1.54, 1.807) is 0 Å². The maximum Gasteiger partial charge on any atom is 0.243 e. The summed E-state index contributed by atoms with van der Waals surface area (Å²) in [5.74, 6) is 0.232. The van der Waals surface area contributed by atoms with Crippen LogP contribution in [-0.2, 0) is 14.8 Å². The van der Waals surface area contributed by atoms with Crippen molar-refractivity contribution < 1.29 is 18.0 Å². The molecule has 2 rings (SSSR count). The largest absolute Gasteiger partial charge is 0.352 e. The highest BCUT2D eigenvalue weighted by atomic mass is 32.2. The number of amides is 1. The van der Waals surface area contributed by atoms with Gasteiger partial charge in [0, 0.05) is 37.8 Å². The Morgan fingerprint density at radius 2 is 1.59 bits per heavy atom.